The van der Waals surface area contributed by atoms with Crippen molar-refractivity contribution in [2.75, 3.05) is 6.79 Å². The van der Waals surface area contributed by atoms with E-state index in [1.165, 1.54) is 17.8 Å². The van der Waals surface area contributed by atoms with Gasteiger partial charge in [-0.25, -0.2) is 4.39 Å². The summed E-state index contributed by atoms with van der Waals surface area (Å²) >= 11 is 1.39. The van der Waals surface area contributed by atoms with Crippen molar-refractivity contribution >= 4 is 17.4 Å². The predicted octanol–water partition coefficient (Wildman–Crippen LogP) is 3.95. The van der Waals surface area contributed by atoms with E-state index in [1.807, 2.05) is 36.4 Å². The van der Waals surface area contributed by atoms with E-state index in [1.54, 1.807) is 16.6 Å². The summed E-state index contributed by atoms with van der Waals surface area (Å²) in [6.07, 6.45) is 0. The maximum Gasteiger partial charge on any atom is 0.231 e. The highest BCUT2D eigenvalue weighted by molar-refractivity contribution is 7.98. The molecule has 1 aliphatic rings. The van der Waals surface area contributed by atoms with E-state index in [2.05, 4.69) is 15.3 Å². The Bertz CT molecular complexity index is 1150. The molecule has 0 saturated heterocycles. The number of halogens is 1. The van der Waals surface area contributed by atoms with Crippen LogP contribution in [0.25, 0.3) is 16.9 Å². The first-order valence-electron chi connectivity index (χ1n) is 8.27. The average molecular weight is 380 g/mol. The number of thioether (sulfide) groups is 1. The van der Waals surface area contributed by atoms with Crippen molar-refractivity contribution in [2.24, 2.45) is 0 Å². The van der Waals surface area contributed by atoms with Gasteiger partial charge in [-0.15, -0.1) is 10.2 Å². The minimum absolute atomic E-state index is 0.229. The van der Waals surface area contributed by atoms with Crippen LogP contribution in [0, 0.1) is 5.82 Å². The first-order valence-corrected chi connectivity index (χ1v) is 9.25. The van der Waals surface area contributed by atoms with E-state index in [0.29, 0.717) is 27.9 Å². The topological polar surface area (TPSA) is 61.5 Å². The Morgan fingerprint density at radius 1 is 1.00 bits per heavy atom. The monoisotopic (exact) mass is 380 g/mol. The van der Waals surface area contributed by atoms with Crippen molar-refractivity contribution in [2.45, 2.75) is 10.9 Å². The van der Waals surface area contributed by atoms with Crippen molar-refractivity contribution in [3.8, 4) is 22.8 Å². The van der Waals surface area contributed by atoms with E-state index in [9.17, 15) is 4.39 Å². The number of fused-ring (bicyclic) bond motifs is 2. The molecule has 0 radical (unpaired) electrons. The molecule has 134 valence electrons. The number of benzene rings is 2. The molecule has 0 fully saturated rings. The molecule has 0 atom stereocenters. The molecule has 0 N–H and O–H groups in total. The number of rotatable bonds is 4. The molecule has 0 saturated carbocycles. The third-order valence-corrected chi connectivity index (χ3v) is 5.19. The zero-order valence-electron chi connectivity index (χ0n) is 14.0. The summed E-state index contributed by atoms with van der Waals surface area (Å²) in [5.74, 6) is 1.65. The van der Waals surface area contributed by atoms with Gasteiger partial charge in [-0.05, 0) is 42.0 Å². The highest BCUT2D eigenvalue weighted by atomic mass is 32.2. The summed E-state index contributed by atoms with van der Waals surface area (Å²) in [6.45, 7) is 0.230. The SMILES string of the molecule is Fc1ccccc1CSc1nnc2ccc(-c3ccc4c(c3)OCO4)nn12. The van der Waals surface area contributed by atoms with E-state index in [-0.39, 0.29) is 12.6 Å². The van der Waals surface area contributed by atoms with Crippen LogP contribution in [0.2, 0.25) is 0 Å². The van der Waals surface area contributed by atoms with Gasteiger partial charge in [-0.3, -0.25) is 0 Å². The van der Waals surface area contributed by atoms with Gasteiger partial charge >= 0.3 is 0 Å². The fourth-order valence-electron chi connectivity index (χ4n) is 2.83. The quantitative estimate of drug-likeness (QED) is 0.500. The molecule has 0 spiro atoms. The maximum atomic E-state index is 13.8. The second-order valence-corrected chi connectivity index (χ2v) is 6.86. The van der Waals surface area contributed by atoms with E-state index < -0.39 is 0 Å². The normalized spacial score (nSPS) is 12.6. The van der Waals surface area contributed by atoms with Gasteiger partial charge < -0.3 is 9.47 Å². The van der Waals surface area contributed by atoms with Gasteiger partial charge in [-0.1, -0.05) is 30.0 Å². The summed E-state index contributed by atoms with van der Waals surface area (Å²) in [4.78, 5) is 0. The van der Waals surface area contributed by atoms with Crippen molar-refractivity contribution in [1.82, 2.24) is 19.8 Å². The van der Waals surface area contributed by atoms with Crippen LogP contribution in [0.15, 0.2) is 59.8 Å². The molecule has 3 heterocycles. The molecule has 0 bridgehead atoms. The molecule has 4 aromatic rings. The Kier molecular flexibility index (Phi) is 3.90. The Morgan fingerprint density at radius 3 is 2.81 bits per heavy atom. The average Bonchev–Trinajstić information content (AvgIpc) is 3.33. The Balaban J connectivity index is 1.46. The van der Waals surface area contributed by atoms with Crippen LogP contribution in [0.3, 0.4) is 0 Å². The molecule has 2 aromatic heterocycles. The highest BCUT2D eigenvalue weighted by Gasteiger charge is 2.16. The summed E-state index contributed by atoms with van der Waals surface area (Å²) in [7, 11) is 0. The van der Waals surface area contributed by atoms with Gasteiger partial charge in [0.2, 0.25) is 11.9 Å². The second-order valence-electron chi connectivity index (χ2n) is 5.92. The fourth-order valence-corrected chi connectivity index (χ4v) is 3.70. The van der Waals surface area contributed by atoms with Gasteiger partial charge in [0.15, 0.2) is 17.1 Å². The van der Waals surface area contributed by atoms with Crippen LogP contribution >= 0.6 is 11.8 Å². The van der Waals surface area contributed by atoms with Crippen molar-refractivity contribution in [1.29, 1.82) is 0 Å². The van der Waals surface area contributed by atoms with Crippen LogP contribution in [0.5, 0.6) is 11.5 Å². The Morgan fingerprint density at radius 2 is 1.89 bits per heavy atom. The first kappa shape index (κ1) is 16.1. The molecule has 27 heavy (non-hydrogen) atoms. The molecule has 5 rings (SSSR count). The van der Waals surface area contributed by atoms with Crippen molar-refractivity contribution in [3.63, 3.8) is 0 Å². The molecule has 6 nitrogen and oxygen atoms in total. The molecule has 0 unspecified atom stereocenters. The van der Waals surface area contributed by atoms with Crippen LogP contribution in [0.1, 0.15) is 5.56 Å². The Hall–Kier alpha value is -3.13. The zero-order valence-corrected chi connectivity index (χ0v) is 14.8. The van der Waals surface area contributed by atoms with E-state index in [4.69, 9.17) is 9.47 Å². The minimum Gasteiger partial charge on any atom is -0.454 e. The third-order valence-electron chi connectivity index (χ3n) is 4.22. The largest absolute Gasteiger partial charge is 0.454 e. The van der Waals surface area contributed by atoms with Gasteiger partial charge in [0, 0.05) is 11.3 Å². The predicted molar refractivity (Wildman–Crippen MR) is 98.3 cm³/mol. The molecule has 2 aromatic carbocycles. The highest BCUT2D eigenvalue weighted by Crippen LogP contribution is 2.35. The Labute approximate surface area is 157 Å². The van der Waals surface area contributed by atoms with Crippen LogP contribution < -0.4 is 9.47 Å². The molecule has 0 amide bonds. The van der Waals surface area contributed by atoms with Gasteiger partial charge in [-0.2, -0.15) is 9.61 Å². The van der Waals surface area contributed by atoms with Crippen molar-refractivity contribution < 1.29 is 13.9 Å². The number of hydrogen-bond donors (Lipinski definition) is 0. The van der Waals surface area contributed by atoms with Gasteiger partial charge in [0.25, 0.3) is 0 Å². The van der Waals surface area contributed by atoms with Gasteiger partial charge in [0.05, 0.1) is 5.69 Å². The number of ether oxygens (including phenoxy) is 2. The van der Waals surface area contributed by atoms with Gasteiger partial charge in [0.1, 0.15) is 5.82 Å². The lowest BCUT2D eigenvalue weighted by Crippen LogP contribution is -1.97. The van der Waals surface area contributed by atoms with Crippen LogP contribution in [-0.4, -0.2) is 26.6 Å². The van der Waals surface area contributed by atoms with Crippen LogP contribution in [0.4, 0.5) is 4.39 Å². The fraction of sp³-hybridized carbons (Fsp3) is 0.105. The molecular weight excluding hydrogens is 367 g/mol. The lowest BCUT2D eigenvalue weighted by Gasteiger charge is -2.05. The lowest BCUT2D eigenvalue weighted by atomic mass is 10.1. The van der Waals surface area contributed by atoms with E-state index in [0.717, 1.165) is 17.0 Å². The number of aromatic nitrogens is 4. The maximum absolute atomic E-state index is 13.8. The van der Waals surface area contributed by atoms with Crippen molar-refractivity contribution in [3.05, 3.63) is 66.0 Å². The lowest BCUT2D eigenvalue weighted by molar-refractivity contribution is 0.174. The summed E-state index contributed by atoms with van der Waals surface area (Å²) in [5.41, 5.74) is 2.91. The first-order chi connectivity index (χ1) is 13.3. The molecular formula is C19H13FN4O2S. The van der Waals surface area contributed by atoms with Crippen LogP contribution in [-0.2, 0) is 5.75 Å². The molecule has 0 aliphatic carbocycles. The summed E-state index contributed by atoms with van der Waals surface area (Å²) < 4.78 is 26.3. The smallest absolute Gasteiger partial charge is 0.231 e. The zero-order chi connectivity index (χ0) is 18.2. The van der Waals surface area contributed by atoms with E-state index >= 15 is 0 Å². The molecule has 8 heteroatoms. The summed E-state index contributed by atoms with van der Waals surface area (Å²) in [5, 5.41) is 13.6. The standard InChI is InChI=1S/C19H13FN4O2S/c20-14-4-2-1-3-13(14)10-27-19-22-21-18-8-6-15(23-24(18)19)12-5-7-16-17(9-12)26-11-25-16/h1-9H,10-11H2. The molecule has 1 aliphatic heterocycles. The minimum atomic E-state index is -0.229. The second kappa shape index (κ2) is 6.55. The number of hydrogen-bond acceptors (Lipinski definition) is 6. The summed E-state index contributed by atoms with van der Waals surface area (Å²) in [6, 6.07) is 16.1. The number of nitrogens with zero attached hydrogens (tertiary/aromatic N) is 4. The third kappa shape index (κ3) is 2.97.